The van der Waals surface area contributed by atoms with E-state index in [4.69, 9.17) is 5.11 Å². The lowest BCUT2D eigenvalue weighted by atomic mass is 10.1. The zero-order valence-corrected chi connectivity index (χ0v) is 12.3. The molecule has 2 N–H and O–H groups in total. The molecule has 0 saturated carbocycles. The first-order valence-corrected chi connectivity index (χ1v) is 7.47. The molecule has 2 heterocycles. The molecule has 0 unspecified atom stereocenters. The number of aryl methyl sites for hydroxylation is 1. The summed E-state index contributed by atoms with van der Waals surface area (Å²) in [5.41, 5.74) is 2.73. The van der Waals surface area contributed by atoms with Crippen LogP contribution in [0.2, 0.25) is 0 Å². The van der Waals surface area contributed by atoms with Crippen LogP contribution in [0.4, 0.5) is 0 Å². The van der Waals surface area contributed by atoms with Crippen LogP contribution in [-0.2, 0) is 13.1 Å². The second-order valence-electron chi connectivity index (χ2n) is 5.48. The summed E-state index contributed by atoms with van der Waals surface area (Å²) in [6.07, 6.45) is 0. The van der Waals surface area contributed by atoms with E-state index in [0.29, 0.717) is 5.56 Å². The molecule has 0 aliphatic carbocycles. The third-order valence-electron chi connectivity index (χ3n) is 4.15. The fourth-order valence-electron chi connectivity index (χ4n) is 3.06. The highest BCUT2D eigenvalue weighted by atomic mass is 16.4. The van der Waals surface area contributed by atoms with Gasteiger partial charge in [0.2, 0.25) is 0 Å². The summed E-state index contributed by atoms with van der Waals surface area (Å²) in [6.45, 7) is 8.15. The molecule has 3 rings (SSSR count). The van der Waals surface area contributed by atoms with E-state index in [2.05, 4.69) is 27.8 Å². The first kappa shape index (κ1) is 14.1. The van der Waals surface area contributed by atoms with Gasteiger partial charge in [0.25, 0.3) is 0 Å². The number of hydrogen-bond acceptors (Lipinski definition) is 3. The number of benzene rings is 1. The van der Waals surface area contributed by atoms with E-state index in [9.17, 15) is 4.79 Å². The van der Waals surface area contributed by atoms with Gasteiger partial charge in [0.1, 0.15) is 0 Å². The second-order valence-corrected chi connectivity index (χ2v) is 5.48. The van der Waals surface area contributed by atoms with E-state index in [0.717, 1.165) is 50.2 Å². The molecule has 1 fully saturated rings. The maximum atomic E-state index is 11.1. The van der Waals surface area contributed by atoms with E-state index >= 15 is 0 Å². The number of carboxylic acid groups (broad SMARTS) is 1. The van der Waals surface area contributed by atoms with Crippen molar-refractivity contribution in [1.82, 2.24) is 14.8 Å². The topological polar surface area (TPSA) is 57.5 Å². The smallest absolute Gasteiger partial charge is 0.335 e. The molecule has 0 spiro atoms. The maximum absolute atomic E-state index is 11.1. The van der Waals surface area contributed by atoms with Crippen LogP contribution >= 0.6 is 0 Å². The number of piperazine rings is 1. The molecule has 1 aromatic carbocycles. The average Bonchev–Trinajstić information content (AvgIpc) is 2.84. The Morgan fingerprint density at radius 1 is 1.29 bits per heavy atom. The first-order chi connectivity index (χ1) is 10.2. The second kappa shape index (κ2) is 5.87. The van der Waals surface area contributed by atoms with Crippen LogP contribution in [0.5, 0.6) is 0 Å². The standard InChI is InChI=1S/C16H21N3O2/c1-2-19-14(11-18-7-5-17-6-8-18)10-13-9-12(16(20)21)3-4-15(13)19/h3-4,9-10,17H,2,5-8,11H2,1H3,(H,20,21). The molecular weight excluding hydrogens is 266 g/mol. The van der Waals surface area contributed by atoms with Crippen LogP contribution in [0, 0.1) is 0 Å². The lowest BCUT2D eigenvalue weighted by Crippen LogP contribution is -2.43. The third-order valence-corrected chi connectivity index (χ3v) is 4.15. The molecule has 112 valence electrons. The van der Waals surface area contributed by atoms with E-state index < -0.39 is 5.97 Å². The Hall–Kier alpha value is -1.85. The maximum Gasteiger partial charge on any atom is 0.335 e. The van der Waals surface area contributed by atoms with Crippen LogP contribution in [0.3, 0.4) is 0 Å². The van der Waals surface area contributed by atoms with Crippen molar-refractivity contribution in [3.63, 3.8) is 0 Å². The Bertz CT molecular complexity index is 657. The minimum atomic E-state index is -0.871. The van der Waals surface area contributed by atoms with Crippen molar-refractivity contribution >= 4 is 16.9 Å². The number of fused-ring (bicyclic) bond motifs is 1. The molecule has 1 aliphatic heterocycles. The molecule has 0 atom stereocenters. The van der Waals surface area contributed by atoms with Crippen molar-refractivity contribution in [2.45, 2.75) is 20.0 Å². The van der Waals surface area contributed by atoms with Gasteiger partial charge in [-0.1, -0.05) is 0 Å². The van der Waals surface area contributed by atoms with Crippen molar-refractivity contribution in [2.24, 2.45) is 0 Å². The Balaban J connectivity index is 1.95. The minimum absolute atomic E-state index is 0.351. The summed E-state index contributed by atoms with van der Waals surface area (Å²) in [5, 5.41) is 13.5. The summed E-state index contributed by atoms with van der Waals surface area (Å²) in [4.78, 5) is 13.5. The van der Waals surface area contributed by atoms with Crippen LogP contribution in [0.1, 0.15) is 23.0 Å². The summed E-state index contributed by atoms with van der Waals surface area (Å²) < 4.78 is 2.28. The highest BCUT2D eigenvalue weighted by Gasteiger charge is 2.15. The number of carbonyl (C=O) groups is 1. The number of nitrogens with one attached hydrogen (secondary N) is 1. The summed E-state index contributed by atoms with van der Waals surface area (Å²) >= 11 is 0. The van der Waals surface area contributed by atoms with Gasteiger partial charge in [0.05, 0.1) is 5.56 Å². The van der Waals surface area contributed by atoms with Gasteiger partial charge in [-0.15, -0.1) is 0 Å². The molecule has 1 aromatic heterocycles. The predicted molar refractivity (Wildman–Crippen MR) is 82.7 cm³/mol. The first-order valence-electron chi connectivity index (χ1n) is 7.47. The van der Waals surface area contributed by atoms with Gasteiger partial charge in [-0.05, 0) is 31.2 Å². The Morgan fingerprint density at radius 2 is 2.05 bits per heavy atom. The molecule has 0 radical (unpaired) electrons. The van der Waals surface area contributed by atoms with Crippen LogP contribution in [0.25, 0.3) is 10.9 Å². The van der Waals surface area contributed by atoms with Crippen LogP contribution in [0.15, 0.2) is 24.3 Å². The molecular formula is C16H21N3O2. The number of hydrogen-bond donors (Lipinski definition) is 2. The Kier molecular flexibility index (Phi) is 3.94. The number of rotatable bonds is 4. The number of nitrogens with zero attached hydrogens (tertiary/aromatic N) is 2. The molecule has 1 saturated heterocycles. The normalized spacial score (nSPS) is 16.4. The van der Waals surface area contributed by atoms with Crippen molar-refractivity contribution in [1.29, 1.82) is 0 Å². The lowest BCUT2D eigenvalue weighted by Gasteiger charge is -2.27. The van der Waals surface area contributed by atoms with E-state index in [1.54, 1.807) is 12.1 Å². The van der Waals surface area contributed by atoms with Gasteiger partial charge in [0.15, 0.2) is 0 Å². The number of aromatic nitrogens is 1. The van der Waals surface area contributed by atoms with Gasteiger partial charge >= 0.3 is 5.97 Å². The average molecular weight is 287 g/mol. The largest absolute Gasteiger partial charge is 0.478 e. The summed E-state index contributed by atoms with van der Waals surface area (Å²) in [5.74, 6) is -0.871. The molecule has 2 aromatic rings. The SMILES string of the molecule is CCn1c(CN2CCNCC2)cc2cc(C(=O)O)ccc21. The highest BCUT2D eigenvalue weighted by molar-refractivity contribution is 5.94. The highest BCUT2D eigenvalue weighted by Crippen LogP contribution is 2.23. The quantitative estimate of drug-likeness (QED) is 0.900. The summed E-state index contributed by atoms with van der Waals surface area (Å²) in [7, 11) is 0. The fourth-order valence-corrected chi connectivity index (χ4v) is 3.06. The predicted octanol–water partition coefficient (Wildman–Crippen LogP) is 1.76. The molecule has 0 amide bonds. The molecule has 0 bridgehead atoms. The van der Waals surface area contributed by atoms with Crippen LogP contribution in [-0.4, -0.2) is 46.7 Å². The molecule has 5 nitrogen and oxygen atoms in total. The summed E-state index contributed by atoms with van der Waals surface area (Å²) in [6, 6.07) is 7.51. The van der Waals surface area contributed by atoms with Crippen molar-refractivity contribution < 1.29 is 9.90 Å². The minimum Gasteiger partial charge on any atom is -0.478 e. The number of carboxylic acids is 1. The van der Waals surface area contributed by atoms with E-state index in [-0.39, 0.29) is 0 Å². The van der Waals surface area contributed by atoms with Crippen molar-refractivity contribution in [3.05, 3.63) is 35.5 Å². The zero-order chi connectivity index (χ0) is 14.8. The van der Waals surface area contributed by atoms with Crippen molar-refractivity contribution in [2.75, 3.05) is 26.2 Å². The molecule has 1 aliphatic rings. The van der Waals surface area contributed by atoms with Gasteiger partial charge < -0.3 is 15.0 Å². The van der Waals surface area contributed by atoms with E-state index in [1.807, 2.05) is 6.07 Å². The Morgan fingerprint density at radius 3 is 2.71 bits per heavy atom. The third kappa shape index (κ3) is 2.80. The number of aromatic carboxylic acids is 1. The van der Waals surface area contributed by atoms with Gasteiger partial charge in [0, 0.05) is 55.9 Å². The fraction of sp³-hybridized carbons (Fsp3) is 0.438. The van der Waals surface area contributed by atoms with Gasteiger partial charge in [-0.3, -0.25) is 4.90 Å². The monoisotopic (exact) mass is 287 g/mol. The van der Waals surface area contributed by atoms with E-state index in [1.165, 1.54) is 5.69 Å². The Labute approximate surface area is 124 Å². The zero-order valence-electron chi connectivity index (χ0n) is 12.3. The lowest BCUT2D eigenvalue weighted by molar-refractivity contribution is 0.0697. The van der Waals surface area contributed by atoms with Crippen LogP contribution < -0.4 is 5.32 Å². The molecule has 5 heteroatoms. The molecule has 21 heavy (non-hydrogen) atoms. The van der Waals surface area contributed by atoms with Crippen molar-refractivity contribution in [3.8, 4) is 0 Å². The van der Waals surface area contributed by atoms with Gasteiger partial charge in [-0.25, -0.2) is 4.79 Å². The van der Waals surface area contributed by atoms with Gasteiger partial charge in [-0.2, -0.15) is 0 Å².